The molecule has 0 amide bonds. The predicted octanol–water partition coefficient (Wildman–Crippen LogP) is 8.41. The smallest absolute Gasteiger partial charge is 0.0777 e. The Balaban J connectivity index is 1.43. The van der Waals surface area contributed by atoms with Crippen molar-refractivity contribution >= 4 is 0 Å². The summed E-state index contributed by atoms with van der Waals surface area (Å²) in [6.07, 6.45) is 16.2. The lowest BCUT2D eigenvalue weighted by molar-refractivity contribution is -0.273. The third-order valence-electron chi connectivity index (χ3n) is 14.1. The van der Waals surface area contributed by atoms with Crippen LogP contribution in [0.3, 0.4) is 0 Å². The third kappa shape index (κ3) is 2.25. The van der Waals surface area contributed by atoms with E-state index in [4.69, 9.17) is 4.74 Å². The molecule has 0 aromatic heterocycles. The van der Waals surface area contributed by atoms with E-state index in [1.165, 1.54) is 70.6 Å². The molecule has 2 saturated heterocycles. The van der Waals surface area contributed by atoms with Gasteiger partial charge >= 0.3 is 0 Å². The lowest BCUT2D eigenvalue weighted by Crippen LogP contribution is -2.70. The van der Waals surface area contributed by atoms with Gasteiger partial charge in [-0.05, 0) is 115 Å². The van der Waals surface area contributed by atoms with Crippen LogP contribution in [-0.4, -0.2) is 11.7 Å². The molecule has 1 heteroatoms. The van der Waals surface area contributed by atoms with Crippen LogP contribution in [-0.2, 0) is 4.74 Å². The van der Waals surface area contributed by atoms with Crippen LogP contribution in [0.4, 0.5) is 0 Å². The second-order valence-electron chi connectivity index (χ2n) is 15.9. The summed E-state index contributed by atoms with van der Waals surface area (Å²) in [6, 6.07) is 0. The van der Waals surface area contributed by atoms with Crippen LogP contribution in [0, 0.1) is 50.2 Å². The minimum absolute atomic E-state index is 0.182. The molecular formula is C30H50O. The fourth-order valence-electron chi connectivity index (χ4n) is 11.9. The Labute approximate surface area is 192 Å². The van der Waals surface area contributed by atoms with Gasteiger partial charge in [-0.3, -0.25) is 0 Å². The monoisotopic (exact) mass is 426 g/mol. The molecule has 0 aromatic carbocycles. The van der Waals surface area contributed by atoms with E-state index in [2.05, 4.69) is 55.4 Å². The second-order valence-corrected chi connectivity index (χ2v) is 15.9. The van der Waals surface area contributed by atoms with E-state index >= 15 is 0 Å². The largest absolute Gasteiger partial charge is 0.370 e. The molecule has 4 saturated carbocycles. The van der Waals surface area contributed by atoms with Gasteiger partial charge < -0.3 is 4.74 Å². The minimum atomic E-state index is 0.182. The van der Waals surface area contributed by atoms with Gasteiger partial charge in [0.1, 0.15) is 0 Å². The molecule has 2 unspecified atom stereocenters. The van der Waals surface area contributed by atoms with Crippen molar-refractivity contribution in [3.05, 3.63) is 0 Å². The van der Waals surface area contributed by atoms with E-state index in [-0.39, 0.29) is 5.60 Å². The summed E-state index contributed by atoms with van der Waals surface area (Å²) in [6.45, 7) is 21.2. The Bertz CT molecular complexity index is 796. The average molecular weight is 427 g/mol. The fraction of sp³-hybridized carbons (Fsp3) is 1.00. The molecule has 6 aliphatic rings. The molecule has 9 atom stereocenters. The van der Waals surface area contributed by atoms with Crippen molar-refractivity contribution in [2.45, 2.75) is 138 Å². The average Bonchev–Trinajstić information content (AvgIpc) is 3.22. The van der Waals surface area contributed by atoms with Gasteiger partial charge in [-0.2, -0.15) is 0 Å². The zero-order chi connectivity index (χ0) is 22.3. The highest BCUT2D eigenvalue weighted by molar-refractivity contribution is 5.26. The van der Waals surface area contributed by atoms with Crippen molar-refractivity contribution in [1.29, 1.82) is 0 Å². The molecule has 4 aliphatic carbocycles. The first-order chi connectivity index (χ1) is 14.2. The molecule has 2 aliphatic heterocycles. The predicted molar refractivity (Wildman–Crippen MR) is 129 cm³/mol. The summed E-state index contributed by atoms with van der Waals surface area (Å²) in [4.78, 5) is 0. The molecule has 176 valence electrons. The first-order valence-corrected chi connectivity index (χ1v) is 13.9. The van der Waals surface area contributed by atoms with Crippen LogP contribution < -0.4 is 0 Å². The number of fused-ring (bicyclic) bond motifs is 6. The van der Waals surface area contributed by atoms with Crippen LogP contribution in [0.15, 0.2) is 0 Å². The topological polar surface area (TPSA) is 9.23 Å². The van der Waals surface area contributed by atoms with Gasteiger partial charge in [-0.25, -0.2) is 0 Å². The van der Waals surface area contributed by atoms with Crippen LogP contribution >= 0.6 is 0 Å². The summed E-state index contributed by atoms with van der Waals surface area (Å²) in [7, 11) is 0. The summed E-state index contributed by atoms with van der Waals surface area (Å²) >= 11 is 0. The zero-order valence-electron chi connectivity index (χ0n) is 22.0. The highest BCUT2D eigenvalue weighted by Crippen LogP contribution is 2.80. The van der Waals surface area contributed by atoms with Crippen molar-refractivity contribution in [1.82, 2.24) is 0 Å². The van der Waals surface area contributed by atoms with Crippen molar-refractivity contribution in [2.24, 2.45) is 50.2 Å². The molecule has 31 heavy (non-hydrogen) atoms. The summed E-state index contributed by atoms with van der Waals surface area (Å²) in [5.74, 6) is 2.53. The summed E-state index contributed by atoms with van der Waals surface area (Å²) in [5, 5.41) is 0. The molecule has 6 fully saturated rings. The normalized spacial score (nSPS) is 61.2. The molecular weight excluding hydrogens is 376 g/mol. The Hall–Kier alpha value is -0.0400. The molecule has 2 bridgehead atoms. The minimum Gasteiger partial charge on any atom is -0.370 e. The third-order valence-corrected chi connectivity index (χ3v) is 14.1. The van der Waals surface area contributed by atoms with Gasteiger partial charge in [-0.15, -0.1) is 0 Å². The zero-order valence-corrected chi connectivity index (χ0v) is 22.0. The first-order valence-electron chi connectivity index (χ1n) is 13.9. The number of ether oxygens (including phenoxy) is 1. The Morgan fingerprint density at radius 2 is 1.13 bits per heavy atom. The van der Waals surface area contributed by atoms with Crippen molar-refractivity contribution in [3.63, 3.8) is 0 Å². The molecule has 0 radical (unpaired) electrons. The van der Waals surface area contributed by atoms with Crippen molar-refractivity contribution in [3.8, 4) is 0 Å². The van der Waals surface area contributed by atoms with E-state index in [0.717, 1.165) is 17.8 Å². The van der Waals surface area contributed by atoms with Crippen LogP contribution in [0.5, 0.6) is 0 Å². The Morgan fingerprint density at radius 3 is 1.87 bits per heavy atom. The maximum atomic E-state index is 7.17. The van der Waals surface area contributed by atoms with Gasteiger partial charge in [-0.1, -0.05) is 55.4 Å². The van der Waals surface area contributed by atoms with Gasteiger partial charge in [0.15, 0.2) is 0 Å². The highest BCUT2D eigenvalue weighted by Gasteiger charge is 2.77. The highest BCUT2D eigenvalue weighted by atomic mass is 16.5. The SMILES string of the molecule is CC1(C)CC[C@]2(C)CC[C@]3(C)C4CCC5C(C)(C)[C@H]6CC[C@]5(O6)[C@]4(C)CC[C@@]3(C)[C@@H]2C1. The van der Waals surface area contributed by atoms with Gasteiger partial charge in [0, 0.05) is 5.41 Å². The van der Waals surface area contributed by atoms with Crippen LogP contribution in [0.2, 0.25) is 0 Å². The Morgan fingerprint density at radius 1 is 0.548 bits per heavy atom. The quantitative estimate of drug-likeness (QED) is 0.378. The van der Waals surface area contributed by atoms with Crippen LogP contribution in [0.1, 0.15) is 126 Å². The van der Waals surface area contributed by atoms with Gasteiger partial charge in [0.2, 0.25) is 0 Å². The lowest BCUT2D eigenvalue weighted by Gasteiger charge is -2.74. The standard InChI is InChI=1S/C30H50O/c1-24(2)13-14-26(5)15-16-27(6)21-10-9-20-25(3,4)23-11-12-30(20,31-23)29(21,8)18-17-28(27,7)22(26)19-24/h20-23H,9-19H2,1-8H3/t20?,21?,22-,23-,26-,27-,28+,29-,30-/m1/s1. The number of rotatable bonds is 0. The Kier molecular flexibility index (Phi) is 4.00. The molecule has 0 N–H and O–H groups in total. The van der Waals surface area contributed by atoms with Gasteiger partial charge in [0.05, 0.1) is 11.7 Å². The molecule has 1 nitrogen and oxygen atoms in total. The lowest BCUT2D eigenvalue weighted by atomic mass is 9.30. The van der Waals surface area contributed by atoms with Crippen LogP contribution in [0.25, 0.3) is 0 Å². The van der Waals surface area contributed by atoms with Crippen molar-refractivity contribution in [2.75, 3.05) is 0 Å². The fourth-order valence-corrected chi connectivity index (χ4v) is 11.9. The molecule has 1 spiro atoms. The summed E-state index contributed by atoms with van der Waals surface area (Å²) < 4.78 is 7.17. The molecule has 6 rings (SSSR count). The molecule has 0 aromatic rings. The molecule has 2 heterocycles. The van der Waals surface area contributed by atoms with E-state index in [9.17, 15) is 0 Å². The second kappa shape index (κ2) is 5.78. The summed E-state index contributed by atoms with van der Waals surface area (Å²) in [5.41, 5.74) is 3.03. The van der Waals surface area contributed by atoms with E-state index in [0.29, 0.717) is 38.6 Å². The maximum Gasteiger partial charge on any atom is 0.0777 e. The number of hydrogen-bond donors (Lipinski definition) is 0. The first kappa shape index (κ1) is 21.5. The number of hydrogen-bond acceptors (Lipinski definition) is 1. The van der Waals surface area contributed by atoms with Gasteiger partial charge in [0.25, 0.3) is 0 Å². The maximum absolute atomic E-state index is 7.17. The van der Waals surface area contributed by atoms with Crippen molar-refractivity contribution < 1.29 is 4.74 Å². The van der Waals surface area contributed by atoms with E-state index in [1.807, 2.05) is 0 Å². The van der Waals surface area contributed by atoms with E-state index in [1.54, 1.807) is 0 Å². The van der Waals surface area contributed by atoms with E-state index < -0.39 is 0 Å².